The second-order valence-electron chi connectivity index (χ2n) is 6.96. The number of rotatable bonds is 5. The zero-order valence-corrected chi connectivity index (χ0v) is 17.8. The van der Waals surface area contributed by atoms with Crippen molar-refractivity contribution in [3.63, 3.8) is 0 Å². The number of H-pyrrole nitrogens is 1. The van der Waals surface area contributed by atoms with Gasteiger partial charge in [0.05, 0.1) is 23.6 Å². The van der Waals surface area contributed by atoms with Gasteiger partial charge in [0, 0.05) is 16.0 Å². The lowest BCUT2D eigenvalue weighted by atomic mass is 10.1. The molecule has 0 amide bonds. The molecule has 28 heavy (non-hydrogen) atoms. The van der Waals surface area contributed by atoms with Gasteiger partial charge in [-0.15, -0.1) is 11.3 Å². The molecular formula is C20H21N3O3S2. The standard InChI is InChI=1S/C20H21N3O3S2/c1-9-14(20(25)26-4)10(2)23-16(9)17(24)11(3)27-18-15-12-6-5-7-13(12)28-19(15)22-8-21-18/h8,11,23H,5-7H2,1-4H3/t11-/m0/s1. The van der Waals surface area contributed by atoms with Crippen LogP contribution in [0.25, 0.3) is 10.2 Å². The largest absolute Gasteiger partial charge is 0.465 e. The number of Topliss-reactive ketones (excluding diaryl/α,β-unsaturated/α-hetero) is 1. The number of carbonyl (C=O) groups excluding carboxylic acids is 2. The lowest BCUT2D eigenvalue weighted by Gasteiger charge is -2.11. The molecule has 6 nitrogen and oxygen atoms in total. The minimum atomic E-state index is -0.433. The molecule has 0 bridgehead atoms. The summed E-state index contributed by atoms with van der Waals surface area (Å²) in [7, 11) is 1.34. The molecule has 3 aromatic rings. The summed E-state index contributed by atoms with van der Waals surface area (Å²) in [6.45, 7) is 5.42. The fourth-order valence-electron chi connectivity index (χ4n) is 3.82. The maximum Gasteiger partial charge on any atom is 0.339 e. The SMILES string of the molecule is COC(=O)c1c(C)[nH]c(C(=O)[C@H](C)Sc2ncnc3sc4c(c23)CCC4)c1C. The summed E-state index contributed by atoms with van der Waals surface area (Å²) in [5, 5.41) is 1.62. The minimum absolute atomic E-state index is 0.0561. The Balaban J connectivity index is 1.65. The number of methoxy groups -OCH3 is 1. The molecule has 4 rings (SSSR count). The van der Waals surface area contributed by atoms with Gasteiger partial charge in [0.2, 0.25) is 0 Å². The second-order valence-corrected chi connectivity index (χ2v) is 9.37. The number of hydrogen-bond donors (Lipinski definition) is 1. The molecule has 146 valence electrons. The van der Waals surface area contributed by atoms with Crippen LogP contribution in [0.4, 0.5) is 0 Å². The first kappa shape index (κ1) is 19.1. The van der Waals surface area contributed by atoms with Crippen LogP contribution in [0.2, 0.25) is 0 Å². The van der Waals surface area contributed by atoms with Crippen LogP contribution in [-0.4, -0.2) is 39.1 Å². The van der Waals surface area contributed by atoms with Crippen molar-refractivity contribution in [2.75, 3.05) is 7.11 Å². The molecule has 1 N–H and O–H groups in total. The van der Waals surface area contributed by atoms with Crippen molar-refractivity contribution in [2.24, 2.45) is 0 Å². The van der Waals surface area contributed by atoms with Gasteiger partial charge in [0.15, 0.2) is 5.78 Å². The zero-order chi connectivity index (χ0) is 20.0. The molecule has 0 saturated heterocycles. The van der Waals surface area contributed by atoms with E-state index in [0.29, 0.717) is 22.5 Å². The number of ether oxygens (including phenoxy) is 1. The monoisotopic (exact) mass is 415 g/mol. The van der Waals surface area contributed by atoms with Crippen LogP contribution in [0.15, 0.2) is 11.4 Å². The number of esters is 1. The van der Waals surface area contributed by atoms with Crippen molar-refractivity contribution < 1.29 is 14.3 Å². The highest BCUT2D eigenvalue weighted by Gasteiger charge is 2.28. The van der Waals surface area contributed by atoms with Crippen LogP contribution >= 0.6 is 23.1 Å². The molecule has 0 aliphatic heterocycles. The smallest absolute Gasteiger partial charge is 0.339 e. The predicted molar refractivity (Wildman–Crippen MR) is 111 cm³/mol. The molecule has 1 aliphatic rings. The Morgan fingerprint density at radius 2 is 2.07 bits per heavy atom. The quantitative estimate of drug-likeness (QED) is 0.290. The van der Waals surface area contributed by atoms with Crippen LogP contribution in [0.1, 0.15) is 55.9 Å². The van der Waals surface area contributed by atoms with Crippen LogP contribution in [0, 0.1) is 13.8 Å². The molecule has 0 unspecified atom stereocenters. The Hall–Kier alpha value is -2.19. The molecule has 0 saturated carbocycles. The van der Waals surface area contributed by atoms with E-state index in [1.807, 2.05) is 6.92 Å². The van der Waals surface area contributed by atoms with Gasteiger partial charge < -0.3 is 9.72 Å². The van der Waals surface area contributed by atoms with E-state index >= 15 is 0 Å². The van der Waals surface area contributed by atoms with Crippen molar-refractivity contribution in [2.45, 2.75) is 50.3 Å². The number of aryl methyl sites for hydroxylation is 3. The van der Waals surface area contributed by atoms with E-state index in [2.05, 4.69) is 15.0 Å². The highest BCUT2D eigenvalue weighted by molar-refractivity contribution is 8.00. The summed E-state index contributed by atoms with van der Waals surface area (Å²) in [5.41, 5.74) is 3.51. The molecule has 3 heterocycles. The normalized spacial score (nSPS) is 14.3. The molecule has 8 heteroatoms. The average molecular weight is 416 g/mol. The maximum absolute atomic E-state index is 13.1. The lowest BCUT2D eigenvalue weighted by Crippen LogP contribution is -2.16. The van der Waals surface area contributed by atoms with Crippen LogP contribution < -0.4 is 0 Å². The molecule has 0 fully saturated rings. The van der Waals surface area contributed by atoms with Crippen LogP contribution in [0.5, 0.6) is 0 Å². The molecular weight excluding hydrogens is 394 g/mol. The van der Waals surface area contributed by atoms with Gasteiger partial charge in [-0.1, -0.05) is 11.8 Å². The average Bonchev–Trinajstić information content (AvgIpc) is 3.33. The number of aromatic nitrogens is 3. The number of thioether (sulfide) groups is 1. The van der Waals surface area contributed by atoms with E-state index in [1.54, 1.807) is 31.5 Å². The zero-order valence-electron chi connectivity index (χ0n) is 16.2. The van der Waals surface area contributed by atoms with Gasteiger partial charge in [0.1, 0.15) is 16.2 Å². The van der Waals surface area contributed by atoms with E-state index in [4.69, 9.17) is 4.74 Å². The van der Waals surface area contributed by atoms with Crippen molar-refractivity contribution >= 4 is 45.1 Å². The van der Waals surface area contributed by atoms with Crippen molar-refractivity contribution in [3.8, 4) is 0 Å². The van der Waals surface area contributed by atoms with E-state index in [1.165, 1.54) is 35.7 Å². The predicted octanol–water partition coefficient (Wildman–Crippen LogP) is 4.28. The van der Waals surface area contributed by atoms with Gasteiger partial charge in [-0.3, -0.25) is 4.79 Å². The van der Waals surface area contributed by atoms with Gasteiger partial charge in [-0.2, -0.15) is 0 Å². The van der Waals surface area contributed by atoms with Gasteiger partial charge in [0.25, 0.3) is 0 Å². The summed E-state index contributed by atoms with van der Waals surface area (Å²) >= 11 is 3.19. The number of aromatic amines is 1. The van der Waals surface area contributed by atoms with Crippen molar-refractivity contribution in [3.05, 3.63) is 39.3 Å². The summed E-state index contributed by atoms with van der Waals surface area (Å²) in [6, 6.07) is 0. The first-order valence-electron chi connectivity index (χ1n) is 9.16. The van der Waals surface area contributed by atoms with Gasteiger partial charge in [-0.05, 0) is 51.2 Å². The summed E-state index contributed by atoms with van der Waals surface area (Å²) in [4.78, 5) is 39.5. The topological polar surface area (TPSA) is 84.9 Å². The second kappa shape index (κ2) is 7.33. The Kier molecular flexibility index (Phi) is 5.01. The third kappa shape index (κ3) is 3.04. The number of carbonyl (C=O) groups is 2. The summed E-state index contributed by atoms with van der Waals surface area (Å²) in [5.74, 6) is -0.489. The fourth-order valence-corrected chi connectivity index (χ4v) is 6.12. The molecule has 0 aromatic carbocycles. The summed E-state index contributed by atoms with van der Waals surface area (Å²) < 4.78 is 4.84. The molecule has 3 aromatic heterocycles. The highest BCUT2D eigenvalue weighted by Crippen LogP contribution is 2.41. The summed E-state index contributed by atoms with van der Waals surface area (Å²) in [6.07, 6.45) is 4.90. The number of nitrogens with zero attached hydrogens (tertiary/aromatic N) is 2. The Labute approximate surface area is 171 Å². The Morgan fingerprint density at radius 3 is 2.82 bits per heavy atom. The van der Waals surface area contributed by atoms with Gasteiger partial charge in [-0.25, -0.2) is 14.8 Å². The van der Waals surface area contributed by atoms with E-state index < -0.39 is 5.97 Å². The first-order chi connectivity index (χ1) is 13.4. The molecule has 1 aliphatic carbocycles. The minimum Gasteiger partial charge on any atom is -0.465 e. The van der Waals surface area contributed by atoms with E-state index in [0.717, 1.165) is 28.1 Å². The van der Waals surface area contributed by atoms with Gasteiger partial charge >= 0.3 is 5.97 Å². The van der Waals surface area contributed by atoms with E-state index in [-0.39, 0.29) is 11.0 Å². The Bertz CT molecular complexity index is 1100. The fraction of sp³-hybridized carbons (Fsp3) is 0.400. The third-order valence-corrected chi connectivity index (χ3v) is 7.50. The Morgan fingerprint density at radius 1 is 1.29 bits per heavy atom. The van der Waals surface area contributed by atoms with E-state index in [9.17, 15) is 9.59 Å². The van der Waals surface area contributed by atoms with Crippen LogP contribution in [0.3, 0.4) is 0 Å². The number of thiophene rings is 1. The number of hydrogen-bond acceptors (Lipinski definition) is 7. The maximum atomic E-state index is 13.1. The highest BCUT2D eigenvalue weighted by atomic mass is 32.2. The first-order valence-corrected chi connectivity index (χ1v) is 10.9. The third-order valence-electron chi connectivity index (χ3n) is 5.20. The molecule has 1 atom stereocenters. The number of nitrogens with one attached hydrogen (secondary N) is 1. The van der Waals surface area contributed by atoms with Crippen molar-refractivity contribution in [1.82, 2.24) is 15.0 Å². The number of fused-ring (bicyclic) bond motifs is 3. The van der Waals surface area contributed by atoms with Crippen LogP contribution in [-0.2, 0) is 17.6 Å². The molecule has 0 spiro atoms. The lowest BCUT2D eigenvalue weighted by molar-refractivity contribution is 0.0599. The molecule has 0 radical (unpaired) electrons. The number of ketones is 1. The van der Waals surface area contributed by atoms with Crippen molar-refractivity contribution in [1.29, 1.82) is 0 Å².